The van der Waals surface area contributed by atoms with E-state index in [1.54, 1.807) is 0 Å². The Balaban J connectivity index is 1.82. The smallest absolute Gasteiger partial charge is 0.150 e. The summed E-state index contributed by atoms with van der Waals surface area (Å²) in [4.78, 5) is 11.6. The van der Waals surface area contributed by atoms with Crippen molar-refractivity contribution in [3.05, 3.63) is 35.7 Å². The number of piperidine rings is 1. The van der Waals surface area contributed by atoms with Gasteiger partial charge in [0.15, 0.2) is 5.82 Å². The first-order chi connectivity index (χ1) is 10.2. The molecule has 0 unspecified atom stereocenters. The van der Waals surface area contributed by atoms with Gasteiger partial charge < -0.3 is 10.2 Å². The second kappa shape index (κ2) is 4.72. The zero-order valence-electron chi connectivity index (χ0n) is 12.6. The summed E-state index contributed by atoms with van der Waals surface area (Å²) in [7, 11) is 0. The molecule has 0 spiro atoms. The van der Waals surface area contributed by atoms with Gasteiger partial charge in [0.25, 0.3) is 0 Å². The van der Waals surface area contributed by atoms with E-state index in [-0.39, 0.29) is 0 Å². The van der Waals surface area contributed by atoms with E-state index in [4.69, 9.17) is 4.98 Å². The Morgan fingerprint density at radius 1 is 1.29 bits per heavy atom. The van der Waals surface area contributed by atoms with Crippen LogP contribution in [0.1, 0.15) is 24.1 Å². The summed E-state index contributed by atoms with van der Waals surface area (Å²) in [5.74, 6) is 1.05. The van der Waals surface area contributed by atoms with Crippen molar-refractivity contribution in [3.8, 4) is 11.3 Å². The van der Waals surface area contributed by atoms with Gasteiger partial charge >= 0.3 is 0 Å². The lowest BCUT2D eigenvalue weighted by Gasteiger charge is -2.41. The summed E-state index contributed by atoms with van der Waals surface area (Å²) in [6.07, 6.45) is 4.36. The molecule has 1 fully saturated rings. The van der Waals surface area contributed by atoms with E-state index < -0.39 is 0 Å². The molecule has 1 N–H and O–H groups in total. The molecule has 21 heavy (non-hydrogen) atoms. The molecule has 0 radical (unpaired) electrons. The number of nitrogens with zero attached hydrogens (tertiary/aromatic N) is 3. The fourth-order valence-electron chi connectivity index (χ4n) is 3.51. The first-order valence-electron chi connectivity index (χ1n) is 7.67. The van der Waals surface area contributed by atoms with Gasteiger partial charge in [-0.05, 0) is 50.5 Å². The highest BCUT2D eigenvalue weighted by molar-refractivity contribution is 5.77. The van der Waals surface area contributed by atoms with Gasteiger partial charge in [-0.25, -0.2) is 4.98 Å². The minimum atomic E-state index is 0.549. The second-order valence-electron chi connectivity index (χ2n) is 6.14. The summed E-state index contributed by atoms with van der Waals surface area (Å²) in [5.41, 5.74) is 5.79. The number of aryl methyl sites for hydroxylation is 2. The van der Waals surface area contributed by atoms with Crippen molar-refractivity contribution < 1.29 is 0 Å². The minimum Gasteiger partial charge on any atom is -0.366 e. The van der Waals surface area contributed by atoms with Gasteiger partial charge in [0, 0.05) is 36.6 Å². The van der Waals surface area contributed by atoms with Crippen LogP contribution in [0.4, 0.5) is 11.5 Å². The zero-order valence-corrected chi connectivity index (χ0v) is 12.6. The van der Waals surface area contributed by atoms with Gasteiger partial charge in [0.05, 0.1) is 11.4 Å². The van der Waals surface area contributed by atoms with Gasteiger partial charge in [-0.3, -0.25) is 4.98 Å². The Morgan fingerprint density at radius 2 is 2.19 bits per heavy atom. The van der Waals surface area contributed by atoms with Crippen molar-refractivity contribution in [1.82, 2.24) is 9.97 Å². The molecule has 2 aliphatic rings. The molecular formula is C17H20N4. The number of aromatic nitrogens is 2. The van der Waals surface area contributed by atoms with Crippen molar-refractivity contribution in [2.75, 3.05) is 23.3 Å². The van der Waals surface area contributed by atoms with E-state index in [0.29, 0.717) is 6.04 Å². The standard InChI is InChI=1S/C17H20N4/c1-11-8-15(13-5-6-18-12(2)9-13)20-17-16(11)21-7-3-4-14(10-21)19-17/h5-6,8-9,14H,3-4,7,10H2,1-2H3,(H,19,20)/t14-/m0/s1. The monoisotopic (exact) mass is 280 g/mol. The molecule has 0 saturated carbocycles. The van der Waals surface area contributed by atoms with Crippen molar-refractivity contribution in [2.45, 2.75) is 32.7 Å². The highest BCUT2D eigenvalue weighted by atomic mass is 15.2. The number of hydrogen-bond donors (Lipinski definition) is 1. The van der Waals surface area contributed by atoms with Gasteiger partial charge in [0.2, 0.25) is 0 Å². The fourth-order valence-corrected chi connectivity index (χ4v) is 3.51. The lowest BCUT2D eigenvalue weighted by atomic mass is 9.99. The number of rotatable bonds is 1. The predicted octanol–water partition coefficient (Wildman–Crippen LogP) is 3.15. The molecule has 4 heteroatoms. The average molecular weight is 280 g/mol. The van der Waals surface area contributed by atoms with Gasteiger partial charge in [0.1, 0.15) is 0 Å². The van der Waals surface area contributed by atoms with Crippen LogP contribution in [-0.4, -0.2) is 29.1 Å². The lowest BCUT2D eigenvalue weighted by molar-refractivity contribution is 0.515. The minimum absolute atomic E-state index is 0.549. The number of nitrogens with one attached hydrogen (secondary N) is 1. The molecule has 0 aromatic carbocycles. The number of hydrogen-bond acceptors (Lipinski definition) is 4. The molecular weight excluding hydrogens is 260 g/mol. The van der Waals surface area contributed by atoms with E-state index in [0.717, 1.165) is 35.9 Å². The van der Waals surface area contributed by atoms with Gasteiger partial charge in [-0.2, -0.15) is 0 Å². The van der Waals surface area contributed by atoms with Crippen LogP contribution in [0.2, 0.25) is 0 Å². The third kappa shape index (κ3) is 2.15. The Kier molecular flexibility index (Phi) is 2.84. The Labute approximate surface area is 125 Å². The Bertz CT molecular complexity index is 695. The number of fused-ring (bicyclic) bond motifs is 4. The van der Waals surface area contributed by atoms with Crippen LogP contribution in [0, 0.1) is 13.8 Å². The zero-order chi connectivity index (χ0) is 14.4. The molecule has 2 aromatic rings. The fraction of sp³-hybridized carbons (Fsp3) is 0.412. The van der Waals surface area contributed by atoms with Crippen molar-refractivity contribution in [3.63, 3.8) is 0 Å². The van der Waals surface area contributed by atoms with E-state index in [9.17, 15) is 0 Å². The maximum absolute atomic E-state index is 4.89. The molecule has 2 aromatic heterocycles. The van der Waals surface area contributed by atoms with Crippen molar-refractivity contribution in [1.29, 1.82) is 0 Å². The highest BCUT2D eigenvalue weighted by Gasteiger charge is 2.29. The van der Waals surface area contributed by atoms with E-state index in [1.807, 2.05) is 19.2 Å². The molecule has 4 rings (SSSR count). The second-order valence-corrected chi connectivity index (χ2v) is 6.14. The van der Waals surface area contributed by atoms with Crippen LogP contribution in [0.25, 0.3) is 11.3 Å². The van der Waals surface area contributed by atoms with Crippen LogP contribution >= 0.6 is 0 Å². The quantitative estimate of drug-likeness (QED) is 0.871. The molecule has 0 aliphatic carbocycles. The topological polar surface area (TPSA) is 41.1 Å². The predicted molar refractivity (Wildman–Crippen MR) is 85.8 cm³/mol. The lowest BCUT2D eigenvalue weighted by Crippen LogP contribution is -2.46. The third-order valence-corrected chi connectivity index (χ3v) is 4.45. The van der Waals surface area contributed by atoms with Crippen LogP contribution in [0.15, 0.2) is 24.4 Å². The maximum Gasteiger partial charge on any atom is 0.150 e. The molecule has 2 aliphatic heterocycles. The Morgan fingerprint density at radius 3 is 3.05 bits per heavy atom. The number of anilines is 2. The maximum atomic E-state index is 4.89. The molecule has 0 amide bonds. The van der Waals surface area contributed by atoms with Crippen LogP contribution in [0.5, 0.6) is 0 Å². The molecule has 4 nitrogen and oxygen atoms in total. The Hall–Kier alpha value is -2.10. The summed E-state index contributed by atoms with van der Waals surface area (Å²) >= 11 is 0. The first kappa shape index (κ1) is 12.6. The molecule has 1 atom stereocenters. The summed E-state index contributed by atoms with van der Waals surface area (Å²) < 4.78 is 0. The first-order valence-corrected chi connectivity index (χ1v) is 7.67. The summed E-state index contributed by atoms with van der Waals surface area (Å²) in [6, 6.07) is 6.88. The van der Waals surface area contributed by atoms with E-state index in [1.165, 1.54) is 24.1 Å². The molecule has 4 heterocycles. The SMILES string of the molecule is Cc1cc(-c2cc(C)c3c(n2)N[C@H]2CCCN3C2)ccn1. The summed E-state index contributed by atoms with van der Waals surface area (Å²) in [5, 5.41) is 3.63. The normalized spacial score (nSPS) is 19.9. The molecule has 1 saturated heterocycles. The van der Waals surface area contributed by atoms with Crippen LogP contribution in [-0.2, 0) is 0 Å². The largest absolute Gasteiger partial charge is 0.366 e. The van der Waals surface area contributed by atoms with E-state index >= 15 is 0 Å². The molecule has 108 valence electrons. The van der Waals surface area contributed by atoms with Crippen molar-refractivity contribution in [2.24, 2.45) is 0 Å². The average Bonchev–Trinajstić information content (AvgIpc) is 2.46. The van der Waals surface area contributed by atoms with Gasteiger partial charge in [-0.1, -0.05) is 0 Å². The van der Waals surface area contributed by atoms with Crippen LogP contribution in [0.3, 0.4) is 0 Å². The molecule has 2 bridgehead atoms. The highest BCUT2D eigenvalue weighted by Crippen LogP contribution is 2.37. The number of pyridine rings is 2. The van der Waals surface area contributed by atoms with Crippen molar-refractivity contribution >= 4 is 11.5 Å². The third-order valence-electron chi connectivity index (χ3n) is 4.45. The van der Waals surface area contributed by atoms with Crippen LogP contribution < -0.4 is 10.2 Å². The summed E-state index contributed by atoms with van der Waals surface area (Å²) in [6.45, 7) is 6.47. The van der Waals surface area contributed by atoms with E-state index in [2.05, 4.69) is 34.3 Å². The van der Waals surface area contributed by atoms with Gasteiger partial charge in [-0.15, -0.1) is 0 Å².